The lowest BCUT2D eigenvalue weighted by molar-refractivity contribution is 0.0703. The second kappa shape index (κ2) is 4.70. The third kappa shape index (κ3) is 2.31. The lowest BCUT2D eigenvalue weighted by Gasteiger charge is -2.27. The van der Waals surface area contributed by atoms with Gasteiger partial charge in [0.15, 0.2) is 0 Å². The van der Waals surface area contributed by atoms with Crippen LogP contribution in [-0.4, -0.2) is 31.8 Å². The Hall–Kier alpha value is -1.14. The number of piperidine rings is 1. The summed E-state index contributed by atoms with van der Waals surface area (Å²) in [6.45, 7) is 0.698. The van der Waals surface area contributed by atoms with Gasteiger partial charge in [0.25, 0.3) is 15.0 Å². The topological polar surface area (TPSA) is 54.5 Å². The zero-order valence-electron chi connectivity index (χ0n) is 10.6. The molecule has 108 valence electrons. The molecule has 1 saturated carbocycles. The third-order valence-electron chi connectivity index (χ3n) is 4.11. The van der Waals surface area contributed by atoms with Gasteiger partial charge in [-0.1, -0.05) is 0 Å². The largest absolute Gasteiger partial charge is 0.335 e. The van der Waals surface area contributed by atoms with E-state index >= 15 is 0 Å². The highest BCUT2D eigenvalue weighted by Gasteiger charge is 2.40. The summed E-state index contributed by atoms with van der Waals surface area (Å²) in [5.41, 5.74) is 0.165. The first-order valence-corrected chi connectivity index (χ1v) is 8.72. The van der Waals surface area contributed by atoms with Crippen molar-refractivity contribution in [2.45, 2.75) is 30.2 Å². The first-order valence-electron chi connectivity index (χ1n) is 6.41. The Morgan fingerprint density at radius 3 is 2.65 bits per heavy atom. The van der Waals surface area contributed by atoms with E-state index in [0.29, 0.717) is 12.5 Å². The van der Waals surface area contributed by atoms with E-state index in [9.17, 15) is 17.6 Å². The van der Waals surface area contributed by atoms with Gasteiger partial charge >= 0.3 is 0 Å². The minimum Gasteiger partial charge on any atom is -0.335 e. The fraction of sp³-hybridized carbons (Fsp3) is 0.462. The number of likely N-dealkylation sites (tertiary alicyclic amines) is 1. The van der Waals surface area contributed by atoms with E-state index in [4.69, 9.17) is 10.7 Å². The Morgan fingerprint density at radius 2 is 2.10 bits per heavy atom. The van der Waals surface area contributed by atoms with Crippen molar-refractivity contribution < 1.29 is 17.6 Å². The van der Waals surface area contributed by atoms with Crippen molar-refractivity contribution in [3.8, 4) is 0 Å². The van der Waals surface area contributed by atoms with Crippen molar-refractivity contribution in [3.05, 3.63) is 29.6 Å². The first-order chi connectivity index (χ1) is 9.36. The van der Waals surface area contributed by atoms with Gasteiger partial charge in [0.05, 0.1) is 0 Å². The number of rotatable bonds is 2. The summed E-state index contributed by atoms with van der Waals surface area (Å²) in [6, 6.07) is 3.52. The fourth-order valence-electron chi connectivity index (χ4n) is 3.16. The summed E-state index contributed by atoms with van der Waals surface area (Å²) < 4.78 is 36.0. The summed E-state index contributed by atoms with van der Waals surface area (Å²) in [5, 5.41) is 0. The average Bonchev–Trinajstić information content (AvgIpc) is 2.99. The van der Waals surface area contributed by atoms with E-state index in [2.05, 4.69) is 0 Å². The van der Waals surface area contributed by atoms with E-state index in [1.54, 1.807) is 4.90 Å². The molecule has 2 bridgehead atoms. The molecule has 1 heterocycles. The lowest BCUT2D eigenvalue weighted by Crippen LogP contribution is -2.37. The molecule has 2 unspecified atom stereocenters. The Labute approximate surface area is 120 Å². The highest BCUT2D eigenvalue weighted by Crippen LogP contribution is 2.38. The van der Waals surface area contributed by atoms with Crippen LogP contribution in [0.15, 0.2) is 23.1 Å². The van der Waals surface area contributed by atoms with Crippen LogP contribution >= 0.6 is 10.7 Å². The molecule has 4 nitrogen and oxygen atoms in total. The maximum atomic E-state index is 13.5. The van der Waals surface area contributed by atoms with Gasteiger partial charge in [-0.05, 0) is 43.4 Å². The van der Waals surface area contributed by atoms with Gasteiger partial charge < -0.3 is 4.90 Å². The van der Waals surface area contributed by atoms with Crippen molar-refractivity contribution in [3.63, 3.8) is 0 Å². The Bertz CT molecular complexity index is 676. The third-order valence-corrected chi connectivity index (χ3v) is 5.45. The molecule has 0 aromatic heterocycles. The van der Waals surface area contributed by atoms with Crippen LogP contribution in [0, 0.1) is 11.7 Å². The highest BCUT2D eigenvalue weighted by molar-refractivity contribution is 8.13. The molecule has 0 radical (unpaired) electrons. The molecule has 2 fully saturated rings. The van der Waals surface area contributed by atoms with Gasteiger partial charge in [0.2, 0.25) is 0 Å². The van der Waals surface area contributed by atoms with E-state index in [-0.39, 0.29) is 17.5 Å². The van der Waals surface area contributed by atoms with Crippen molar-refractivity contribution in [2.75, 3.05) is 6.54 Å². The molecule has 2 aliphatic rings. The number of carbonyl (C=O) groups is 1. The van der Waals surface area contributed by atoms with E-state index in [0.717, 1.165) is 31.4 Å². The van der Waals surface area contributed by atoms with E-state index < -0.39 is 19.8 Å². The van der Waals surface area contributed by atoms with Gasteiger partial charge in [-0.15, -0.1) is 0 Å². The minimum absolute atomic E-state index is 0.165. The van der Waals surface area contributed by atoms with Crippen LogP contribution in [0.25, 0.3) is 0 Å². The van der Waals surface area contributed by atoms with Gasteiger partial charge in [0, 0.05) is 28.8 Å². The second-order valence-corrected chi connectivity index (χ2v) is 7.91. The minimum atomic E-state index is -4.20. The molecule has 3 rings (SSSR count). The summed E-state index contributed by atoms with van der Waals surface area (Å²) in [5.74, 6) is -0.654. The number of fused-ring (bicyclic) bond motifs is 2. The Balaban J connectivity index is 1.93. The number of nitrogens with zero attached hydrogens (tertiary/aromatic N) is 1. The monoisotopic (exact) mass is 317 g/mol. The maximum absolute atomic E-state index is 13.5. The van der Waals surface area contributed by atoms with Gasteiger partial charge in [-0.3, -0.25) is 4.79 Å². The van der Waals surface area contributed by atoms with Crippen molar-refractivity contribution >= 4 is 25.6 Å². The van der Waals surface area contributed by atoms with Crippen molar-refractivity contribution in [1.29, 1.82) is 0 Å². The van der Waals surface area contributed by atoms with Gasteiger partial charge in [-0.2, -0.15) is 0 Å². The smallest absolute Gasteiger partial charge is 0.264 e. The molecule has 0 N–H and O–H groups in total. The summed E-state index contributed by atoms with van der Waals surface area (Å²) in [7, 11) is 0.974. The molecule has 0 spiro atoms. The first kappa shape index (κ1) is 13.8. The Morgan fingerprint density at radius 1 is 1.35 bits per heavy atom. The highest BCUT2D eigenvalue weighted by atomic mass is 35.7. The fourth-order valence-corrected chi connectivity index (χ4v) is 4.09. The van der Waals surface area contributed by atoms with Crippen LogP contribution in [0.1, 0.15) is 29.6 Å². The maximum Gasteiger partial charge on any atom is 0.264 e. The summed E-state index contributed by atoms with van der Waals surface area (Å²) >= 11 is 0. The van der Waals surface area contributed by atoms with Crippen molar-refractivity contribution in [2.24, 2.45) is 5.92 Å². The van der Waals surface area contributed by atoms with Crippen LogP contribution in [0.3, 0.4) is 0 Å². The molecule has 1 saturated heterocycles. The number of hydrogen-bond donors (Lipinski definition) is 0. The quantitative estimate of drug-likeness (QED) is 0.787. The number of halogens is 2. The van der Waals surface area contributed by atoms with E-state index in [1.165, 1.54) is 6.07 Å². The zero-order chi connectivity index (χ0) is 14.5. The van der Waals surface area contributed by atoms with Gasteiger partial charge in [0.1, 0.15) is 10.7 Å². The molecular weight excluding hydrogens is 305 g/mol. The summed E-state index contributed by atoms with van der Waals surface area (Å²) in [6.07, 6.45) is 3.13. The molecule has 2 atom stereocenters. The molecule has 1 aromatic carbocycles. The number of carbonyl (C=O) groups excluding carboxylic acids is 1. The molecule has 1 aromatic rings. The number of benzene rings is 1. The predicted molar refractivity (Wildman–Crippen MR) is 71.6 cm³/mol. The van der Waals surface area contributed by atoms with Crippen LogP contribution in [0.4, 0.5) is 4.39 Å². The molecule has 1 amide bonds. The lowest BCUT2D eigenvalue weighted by atomic mass is 10.1. The molecule has 20 heavy (non-hydrogen) atoms. The predicted octanol–water partition coefficient (Wildman–Crippen LogP) is 2.38. The average molecular weight is 318 g/mol. The SMILES string of the molecule is O=C(c1ccc(F)c(S(=O)(=O)Cl)c1)N1CC2CCC1C2. The van der Waals surface area contributed by atoms with Crippen LogP contribution < -0.4 is 0 Å². The van der Waals surface area contributed by atoms with Crippen molar-refractivity contribution in [1.82, 2.24) is 4.90 Å². The second-order valence-electron chi connectivity index (χ2n) is 5.37. The number of amides is 1. The van der Waals surface area contributed by atoms with Crippen LogP contribution in [0.5, 0.6) is 0 Å². The van der Waals surface area contributed by atoms with Crippen LogP contribution in [0.2, 0.25) is 0 Å². The zero-order valence-corrected chi connectivity index (χ0v) is 12.1. The molecule has 1 aliphatic heterocycles. The molecule has 7 heteroatoms. The van der Waals surface area contributed by atoms with Gasteiger partial charge in [-0.25, -0.2) is 12.8 Å². The molecular formula is C13H13ClFNO3S. The summed E-state index contributed by atoms with van der Waals surface area (Å²) in [4.78, 5) is 13.5. The number of hydrogen-bond acceptors (Lipinski definition) is 3. The normalized spacial score (nSPS) is 25.2. The van der Waals surface area contributed by atoms with E-state index in [1.807, 2.05) is 0 Å². The molecule has 1 aliphatic carbocycles. The van der Waals surface area contributed by atoms with Crippen LogP contribution in [-0.2, 0) is 9.05 Å². The standard InChI is InChI=1S/C13H13ClFNO3S/c14-20(18,19)12-6-9(2-4-11(12)15)13(17)16-7-8-1-3-10(16)5-8/h2,4,6,8,10H,1,3,5,7H2. The Kier molecular flexibility index (Phi) is 3.25.